The van der Waals surface area contributed by atoms with Gasteiger partial charge in [-0.3, -0.25) is 9.36 Å². The monoisotopic (exact) mass is 384 g/mol. The number of H-pyrrole nitrogens is 1. The number of alkyl halides is 3. The van der Waals surface area contributed by atoms with E-state index in [0.717, 1.165) is 0 Å². The zero-order valence-corrected chi connectivity index (χ0v) is 14.0. The summed E-state index contributed by atoms with van der Waals surface area (Å²) in [4.78, 5) is 19.2. The van der Waals surface area contributed by atoms with Crippen LogP contribution in [0.4, 0.5) is 13.2 Å². The highest BCUT2D eigenvalue weighted by Gasteiger charge is 2.28. The maximum atomic E-state index is 12.4. The Kier molecular flexibility index (Phi) is 4.64. The number of aromatic amines is 1. The van der Waals surface area contributed by atoms with E-state index in [4.69, 9.17) is 16.7 Å². The van der Waals surface area contributed by atoms with Gasteiger partial charge in [-0.25, -0.2) is 0 Å². The third kappa shape index (κ3) is 3.99. The molecule has 0 atom stereocenters. The fourth-order valence-electron chi connectivity index (χ4n) is 2.13. The van der Waals surface area contributed by atoms with E-state index in [1.54, 1.807) is 6.92 Å². The van der Waals surface area contributed by atoms with Gasteiger partial charge in [-0.05, 0) is 36.5 Å². The van der Waals surface area contributed by atoms with E-state index in [0.29, 0.717) is 17.3 Å². The summed E-state index contributed by atoms with van der Waals surface area (Å²) in [5.41, 5.74) is 0.194. The van der Waals surface area contributed by atoms with Crippen molar-refractivity contribution in [3.8, 4) is 23.0 Å². The number of aryl methyl sites for hydroxylation is 1. The van der Waals surface area contributed by atoms with E-state index in [1.807, 2.05) is 0 Å². The largest absolute Gasteiger partial charge is 0.484 e. The fourth-order valence-corrected chi connectivity index (χ4v) is 2.43. The third-order valence-corrected chi connectivity index (χ3v) is 3.48. The molecule has 2 aromatic heterocycles. The van der Waals surface area contributed by atoms with Crippen LogP contribution in [0.3, 0.4) is 0 Å². The van der Waals surface area contributed by atoms with Crippen molar-refractivity contribution in [3.63, 3.8) is 0 Å². The number of benzene rings is 1. The first-order chi connectivity index (χ1) is 12.2. The lowest BCUT2D eigenvalue weighted by Gasteiger charge is -2.10. The topological polar surface area (TPSA) is 85.9 Å². The van der Waals surface area contributed by atoms with E-state index in [2.05, 4.69) is 19.9 Å². The molecular formula is C15H11F3N4O3S. The molecule has 2 heterocycles. The van der Waals surface area contributed by atoms with Gasteiger partial charge in [0.2, 0.25) is 11.7 Å². The van der Waals surface area contributed by atoms with Crippen LogP contribution in [0.5, 0.6) is 5.75 Å². The van der Waals surface area contributed by atoms with Gasteiger partial charge in [0.05, 0.1) is 11.4 Å². The van der Waals surface area contributed by atoms with E-state index in [1.165, 1.54) is 34.9 Å². The lowest BCUT2D eigenvalue weighted by atomic mass is 10.3. The Morgan fingerprint density at radius 3 is 2.54 bits per heavy atom. The van der Waals surface area contributed by atoms with Crippen LogP contribution in [0.2, 0.25) is 0 Å². The summed E-state index contributed by atoms with van der Waals surface area (Å²) in [5, 5.41) is 3.70. The molecule has 0 spiro atoms. The van der Waals surface area contributed by atoms with Gasteiger partial charge < -0.3 is 14.2 Å². The number of nitrogens with one attached hydrogen (secondary N) is 1. The highest BCUT2D eigenvalue weighted by molar-refractivity contribution is 7.71. The number of hydrogen-bond acceptors (Lipinski definition) is 6. The SMILES string of the molecule is Cc1nc(-c2cc(=O)n(-c3ccc(OCC(F)(F)F)cc3)c(=S)[nH]2)no1. The number of rotatable bonds is 4. The maximum Gasteiger partial charge on any atom is 0.422 e. The van der Waals surface area contributed by atoms with Crippen LogP contribution < -0.4 is 10.3 Å². The Bertz CT molecular complexity index is 1010. The lowest BCUT2D eigenvalue weighted by molar-refractivity contribution is -0.153. The van der Waals surface area contributed by atoms with Crippen LogP contribution >= 0.6 is 12.2 Å². The van der Waals surface area contributed by atoms with Crippen LogP contribution in [-0.4, -0.2) is 32.5 Å². The van der Waals surface area contributed by atoms with Crippen molar-refractivity contribution in [3.05, 3.63) is 51.3 Å². The Morgan fingerprint density at radius 1 is 1.31 bits per heavy atom. The molecule has 0 aliphatic rings. The summed E-state index contributed by atoms with van der Waals surface area (Å²) in [7, 11) is 0. The predicted molar refractivity (Wildman–Crippen MR) is 86.8 cm³/mol. The van der Waals surface area contributed by atoms with Crippen molar-refractivity contribution in [1.29, 1.82) is 0 Å². The summed E-state index contributed by atoms with van der Waals surface area (Å²) < 4.78 is 47.2. The predicted octanol–water partition coefficient (Wildman–Crippen LogP) is 3.19. The standard InChI is InChI=1S/C15H11F3N4O3S/c1-8-19-13(21-25-8)11-6-12(23)22(14(26)20-11)9-2-4-10(5-3-9)24-7-15(16,17)18/h2-6H,7H2,1H3,(H,20,26). The van der Waals surface area contributed by atoms with Gasteiger partial charge in [-0.1, -0.05) is 5.16 Å². The van der Waals surface area contributed by atoms with Crippen molar-refractivity contribution in [1.82, 2.24) is 19.7 Å². The number of hydrogen-bond donors (Lipinski definition) is 1. The molecule has 0 bridgehead atoms. The van der Waals surface area contributed by atoms with Crippen molar-refractivity contribution >= 4 is 12.2 Å². The summed E-state index contributed by atoms with van der Waals surface area (Å²) in [6.07, 6.45) is -4.43. The van der Waals surface area contributed by atoms with Gasteiger partial charge >= 0.3 is 6.18 Å². The molecular weight excluding hydrogens is 373 g/mol. The zero-order chi connectivity index (χ0) is 18.9. The molecule has 7 nitrogen and oxygen atoms in total. The van der Waals surface area contributed by atoms with E-state index >= 15 is 0 Å². The molecule has 3 aromatic rings. The second kappa shape index (κ2) is 6.75. The van der Waals surface area contributed by atoms with Crippen LogP contribution in [0, 0.1) is 11.7 Å². The molecule has 0 unspecified atom stereocenters. The number of ether oxygens (including phenoxy) is 1. The molecule has 11 heteroatoms. The first-order valence-corrected chi connectivity index (χ1v) is 7.61. The molecule has 0 fully saturated rings. The molecule has 3 rings (SSSR count). The zero-order valence-electron chi connectivity index (χ0n) is 13.2. The summed E-state index contributed by atoms with van der Waals surface area (Å²) in [6, 6.07) is 6.73. The quantitative estimate of drug-likeness (QED) is 0.696. The number of aromatic nitrogens is 4. The Hall–Kier alpha value is -2.95. The molecule has 1 N–H and O–H groups in total. The third-order valence-electron chi connectivity index (χ3n) is 3.20. The number of halogens is 3. The minimum Gasteiger partial charge on any atom is -0.484 e. The van der Waals surface area contributed by atoms with Crippen molar-refractivity contribution in [2.24, 2.45) is 0 Å². The second-order valence-corrected chi connectivity index (χ2v) is 5.58. The molecule has 0 amide bonds. The Balaban J connectivity index is 1.90. The molecule has 0 aliphatic heterocycles. The van der Waals surface area contributed by atoms with Gasteiger partial charge in [-0.15, -0.1) is 0 Å². The molecule has 0 saturated heterocycles. The first kappa shape index (κ1) is 17.9. The molecule has 0 saturated carbocycles. The summed E-state index contributed by atoms with van der Waals surface area (Å²) >= 11 is 5.19. The smallest absolute Gasteiger partial charge is 0.422 e. The fraction of sp³-hybridized carbons (Fsp3) is 0.200. The van der Waals surface area contributed by atoms with Crippen LogP contribution in [0.1, 0.15) is 5.89 Å². The van der Waals surface area contributed by atoms with Crippen LogP contribution in [0.15, 0.2) is 39.6 Å². The molecule has 1 aromatic carbocycles. The molecule has 0 aliphatic carbocycles. The number of nitrogens with zero attached hydrogens (tertiary/aromatic N) is 3. The second-order valence-electron chi connectivity index (χ2n) is 5.20. The van der Waals surface area contributed by atoms with Crippen molar-refractivity contribution < 1.29 is 22.4 Å². The summed E-state index contributed by atoms with van der Waals surface area (Å²) in [6.45, 7) is 0.208. The lowest BCUT2D eigenvalue weighted by Crippen LogP contribution is -2.20. The average Bonchev–Trinajstić information content (AvgIpc) is 2.99. The van der Waals surface area contributed by atoms with Gasteiger partial charge in [-0.2, -0.15) is 18.2 Å². The van der Waals surface area contributed by atoms with Crippen LogP contribution in [0.25, 0.3) is 17.2 Å². The van der Waals surface area contributed by atoms with Crippen molar-refractivity contribution in [2.45, 2.75) is 13.1 Å². The van der Waals surface area contributed by atoms with E-state index in [9.17, 15) is 18.0 Å². The van der Waals surface area contributed by atoms with E-state index < -0.39 is 18.3 Å². The average molecular weight is 384 g/mol. The Morgan fingerprint density at radius 2 is 2.00 bits per heavy atom. The first-order valence-electron chi connectivity index (χ1n) is 7.20. The van der Waals surface area contributed by atoms with Crippen LogP contribution in [-0.2, 0) is 0 Å². The molecule has 0 radical (unpaired) electrons. The van der Waals surface area contributed by atoms with Gasteiger partial charge in [0.1, 0.15) is 5.75 Å². The summed E-state index contributed by atoms with van der Waals surface area (Å²) in [5.74, 6) is 0.541. The minimum absolute atomic E-state index is 0.0212. The molecule has 26 heavy (non-hydrogen) atoms. The minimum atomic E-state index is -4.43. The van der Waals surface area contributed by atoms with Gasteiger partial charge in [0, 0.05) is 13.0 Å². The molecule has 136 valence electrons. The highest BCUT2D eigenvalue weighted by Crippen LogP contribution is 2.20. The van der Waals surface area contributed by atoms with Crippen molar-refractivity contribution in [2.75, 3.05) is 6.61 Å². The normalized spacial score (nSPS) is 11.5. The van der Waals surface area contributed by atoms with E-state index in [-0.39, 0.29) is 16.3 Å². The Labute approximate surface area is 149 Å². The highest BCUT2D eigenvalue weighted by atomic mass is 32.1. The van der Waals surface area contributed by atoms with Gasteiger partial charge in [0.15, 0.2) is 11.4 Å². The van der Waals surface area contributed by atoms with Gasteiger partial charge in [0.25, 0.3) is 5.56 Å². The maximum absolute atomic E-state index is 12.4.